The van der Waals surface area contributed by atoms with Gasteiger partial charge in [0.1, 0.15) is 6.29 Å². The van der Waals surface area contributed by atoms with Crippen LogP contribution >= 0.6 is 0 Å². The summed E-state index contributed by atoms with van der Waals surface area (Å²) >= 11 is 0. The molecule has 0 saturated heterocycles. The first-order chi connectivity index (χ1) is 13.8. The highest BCUT2D eigenvalue weighted by Gasteiger charge is 2.65. The highest BCUT2D eigenvalue weighted by atomic mass is 16.4. The molecule has 5 nitrogen and oxygen atoms in total. The van der Waals surface area contributed by atoms with Gasteiger partial charge in [-0.1, -0.05) is 26.7 Å². The lowest BCUT2D eigenvalue weighted by atomic mass is 9.43. The third-order valence-electron chi connectivity index (χ3n) is 10.1. The largest absolute Gasteiger partial charge is 0.481 e. The van der Waals surface area contributed by atoms with E-state index in [0.29, 0.717) is 18.8 Å². The number of aliphatic hydroxyl groups is 2. The fraction of sp³-hybridized carbons (Fsp3) is 0.917. The topological polar surface area (TPSA) is 94.8 Å². The molecule has 3 unspecified atom stereocenters. The monoisotopic (exact) mass is 406 g/mol. The molecule has 5 heteroatoms. The minimum absolute atomic E-state index is 0.0483. The van der Waals surface area contributed by atoms with E-state index in [0.717, 1.165) is 51.2 Å². The van der Waals surface area contributed by atoms with Crippen molar-refractivity contribution in [3.63, 3.8) is 0 Å². The molecule has 0 amide bonds. The van der Waals surface area contributed by atoms with E-state index in [9.17, 15) is 24.9 Å². The summed E-state index contributed by atoms with van der Waals surface area (Å²) in [6.45, 7) is 4.58. The van der Waals surface area contributed by atoms with Crippen molar-refractivity contribution >= 4 is 12.3 Å². The van der Waals surface area contributed by atoms with Crippen LogP contribution in [0.2, 0.25) is 0 Å². The van der Waals surface area contributed by atoms with Gasteiger partial charge in [-0.15, -0.1) is 0 Å². The van der Waals surface area contributed by atoms with Crippen LogP contribution in [-0.2, 0) is 9.59 Å². The smallest absolute Gasteiger partial charge is 0.306 e. The van der Waals surface area contributed by atoms with Crippen LogP contribution in [0.15, 0.2) is 0 Å². The van der Waals surface area contributed by atoms with Gasteiger partial charge in [-0.05, 0) is 85.4 Å². The summed E-state index contributed by atoms with van der Waals surface area (Å²) in [4.78, 5) is 22.9. The Bertz CT molecular complexity index is 649. The number of fused-ring (bicyclic) bond motifs is 5. The van der Waals surface area contributed by atoms with Crippen LogP contribution in [0.5, 0.6) is 0 Å². The van der Waals surface area contributed by atoms with E-state index >= 15 is 0 Å². The molecule has 4 fully saturated rings. The highest BCUT2D eigenvalue weighted by Crippen LogP contribution is 2.68. The molecule has 10 atom stereocenters. The van der Waals surface area contributed by atoms with Crippen molar-refractivity contribution in [3.05, 3.63) is 0 Å². The molecule has 0 radical (unpaired) electrons. The third kappa shape index (κ3) is 3.10. The van der Waals surface area contributed by atoms with E-state index in [-0.39, 0.29) is 34.5 Å². The zero-order valence-electron chi connectivity index (χ0n) is 17.9. The molecule has 3 N–H and O–H groups in total. The summed E-state index contributed by atoms with van der Waals surface area (Å²) in [5.74, 6) is -0.302. The number of carbonyl (C=O) groups is 2. The summed E-state index contributed by atoms with van der Waals surface area (Å²) in [7, 11) is 0. The number of carboxylic acid groups (broad SMARTS) is 1. The van der Waals surface area contributed by atoms with E-state index in [1.54, 1.807) is 0 Å². The highest BCUT2D eigenvalue weighted by molar-refractivity contribution is 5.71. The Morgan fingerprint density at radius 3 is 2.38 bits per heavy atom. The molecule has 4 aliphatic rings. The van der Waals surface area contributed by atoms with Crippen molar-refractivity contribution in [1.29, 1.82) is 0 Å². The molecule has 0 aromatic rings. The second kappa shape index (κ2) is 7.64. The van der Waals surface area contributed by atoms with Gasteiger partial charge in [-0.25, -0.2) is 0 Å². The van der Waals surface area contributed by atoms with E-state index < -0.39 is 24.1 Å². The lowest BCUT2D eigenvalue weighted by Gasteiger charge is -2.63. The minimum Gasteiger partial charge on any atom is -0.481 e. The SMILES string of the molecule is C[C@]12CC[C@H]3[C@@H](C(O)C(O)C4CCCC[C@@]43C)[C@@H]1CC[C@@H]2[C@@H](CCC=O)C(=O)O. The Hall–Kier alpha value is -0.940. The third-order valence-corrected chi connectivity index (χ3v) is 10.1. The second-order valence-corrected chi connectivity index (χ2v) is 11.0. The zero-order chi connectivity index (χ0) is 21.0. The first-order valence-corrected chi connectivity index (χ1v) is 11.8. The lowest BCUT2D eigenvalue weighted by molar-refractivity contribution is -0.215. The summed E-state index contributed by atoms with van der Waals surface area (Å²) in [6.07, 6.45) is 8.45. The summed E-state index contributed by atoms with van der Waals surface area (Å²) in [5.41, 5.74) is -0.0453. The van der Waals surface area contributed by atoms with Gasteiger partial charge < -0.3 is 20.1 Å². The number of carboxylic acids is 1. The normalized spacial score (nSPS) is 50.1. The molecule has 4 aliphatic carbocycles. The van der Waals surface area contributed by atoms with Gasteiger partial charge in [0, 0.05) is 6.42 Å². The number of aliphatic carboxylic acids is 1. The molecule has 0 spiro atoms. The lowest BCUT2D eigenvalue weighted by Crippen LogP contribution is -2.63. The summed E-state index contributed by atoms with van der Waals surface area (Å²) in [6, 6.07) is 0. The van der Waals surface area contributed by atoms with E-state index in [4.69, 9.17) is 0 Å². The molecule has 4 rings (SSSR count). The van der Waals surface area contributed by atoms with E-state index in [1.807, 2.05) is 0 Å². The second-order valence-electron chi connectivity index (χ2n) is 11.0. The van der Waals surface area contributed by atoms with Crippen molar-refractivity contribution in [1.82, 2.24) is 0 Å². The molecule has 29 heavy (non-hydrogen) atoms. The standard InChI is InChI=1S/C24H38O5/c1-23-11-4-3-7-18(23)20(26)21(27)19-16-9-8-15(14(22(28)29)6-5-13-25)24(16,2)12-10-17(19)23/h13-21,26-27H,3-12H2,1-2H3,(H,28,29)/t14-,15-,16+,17+,18?,19+,20?,21?,23-,24-/m1/s1. The quantitative estimate of drug-likeness (QED) is 0.606. The fourth-order valence-corrected chi connectivity index (χ4v) is 8.76. The van der Waals surface area contributed by atoms with Crippen LogP contribution in [0.1, 0.15) is 78.1 Å². The molecule has 0 bridgehead atoms. The van der Waals surface area contributed by atoms with Crippen LogP contribution < -0.4 is 0 Å². The van der Waals surface area contributed by atoms with E-state index in [2.05, 4.69) is 13.8 Å². The molecule has 0 aliphatic heterocycles. The maximum Gasteiger partial charge on any atom is 0.306 e. The molecule has 164 valence electrons. The van der Waals surface area contributed by atoms with Gasteiger partial charge in [-0.3, -0.25) is 4.79 Å². The molecule has 4 saturated carbocycles. The van der Waals surface area contributed by atoms with Crippen LogP contribution in [-0.4, -0.2) is 39.8 Å². The van der Waals surface area contributed by atoms with Crippen molar-refractivity contribution in [2.45, 2.75) is 90.3 Å². The van der Waals surface area contributed by atoms with Gasteiger partial charge in [0.25, 0.3) is 0 Å². The van der Waals surface area contributed by atoms with Gasteiger partial charge in [-0.2, -0.15) is 0 Å². The number of aldehydes is 1. The summed E-state index contributed by atoms with van der Waals surface area (Å²) < 4.78 is 0. The van der Waals surface area contributed by atoms with E-state index in [1.165, 1.54) is 6.42 Å². The van der Waals surface area contributed by atoms with Gasteiger partial charge >= 0.3 is 5.97 Å². The Morgan fingerprint density at radius 1 is 0.966 bits per heavy atom. The number of hydrogen-bond acceptors (Lipinski definition) is 4. The van der Waals surface area contributed by atoms with Gasteiger partial charge in [0.15, 0.2) is 0 Å². The Labute approximate surface area is 174 Å². The number of hydrogen-bond donors (Lipinski definition) is 3. The maximum atomic E-state index is 12.0. The van der Waals surface area contributed by atoms with Crippen molar-refractivity contribution in [3.8, 4) is 0 Å². The summed E-state index contributed by atoms with van der Waals surface area (Å²) in [5, 5.41) is 32.2. The van der Waals surface area contributed by atoms with Gasteiger partial charge in [0.05, 0.1) is 18.1 Å². The first-order valence-electron chi connectivity index (χ1n) is 11.8. The maximum absolute atomic E-state index is 12.0. The molecular formula is C24H38O5. The first kappa shape index (κ1) is 21.3. The van der Waals surface area contributed by atoms with Crippen LogP contribution in [0.4, 0.5) is 0 Å². The molecule has 0 aromatic heterocycles. The number of carbonyl (C=O) groups excluding carboxylic acids is 1. The number of aliphatic hydroxyl groups excluding tert-OH is 2. The van der Waals surface area contributed by atoms with Crippen LogP contribution in [0.3, 0.4) is 0 Å². The number of rotatable bonds is 5. The minimum atomic E-state index is -0.788. The molecular weight excluding hydrogens is 368 g/mol. The average molecular weight is 407 g/mol. The zero-order valence-corrected chi connectivity index (χ0v) is 17.9. The van der Waals surface area contributed by atoms with Crippen LogP contribution in [0, 0.1) is 46.3 Å². The predicted molar refractivity (Wildman–Crippen MR) is 109 cm³/mol. The van der Waals surface area contributed by atoms with Crippen molar-refractivity contribution in [2.75, 3.05) is 0 Å². The molecule has 0 aromatic carbocycles. The fourth-order valence-electron chi connectivity index (χ4n) is 8.76. The Kier molecular flexibility index (Phi) is 5.61. The van der Waals surface area contributed by atoms with Crippen molar-refractivity contribution in [2.24, 2.45) is 46.3 Å². The molecule has 0 heterocycles. The Balaban J connectivity index is 1.65. The predicted octanol–water partition coefficient (Wildman–Crippen LogP) is 3.66. The Morgan fingerprint density at radius 2 is 1.69 bits per heavy atom. The van der Waals surface area contributed by atoms with Crippen molar-refractivity contribution < 1.29 is 24.9 Å². The average Bonchev–Trinajstić information content (AvgIpc) is 3.03. The van der Waals surface area contributed by atoms with Gasteiger partial charge in [0.2, 0.25) is 0 Å². The van der Waals surface area contributed by atoms with Crippen LogP contribution in [0.25, 0.3) is 0 Å².